The highest BCUT2D eigenvalue weighted by Crippen LogP contribution is 2.37. The molecular weight excluding hydrogens is 329 g/mol. The van der Waals surface area contributed by atoms with Gasteiger partial charge in [0.1, 0.15) is 5.82 Å². The first-order chi connectivity index (χ1) is 10.1. The molecule has 3 atom stereocenters. The Labute approximate surface area is 135 Å². The lowest BCUT2D eigenvalue weighted by Gasteiger charge is -2.35. The minimum atomic E-state index is -0.158. The van der Waals surface area contributed by atoms with Crippen LogP contribution in [0.4, 0.5) is 4.39 Å². The highest BCUT2D eigenvalue weighted by molar-refractivity contribution is 9.10. The van der Waals surface area contributed by atoms with Crippen molar-refractivity contribution < 1.29 is 4.39 Å². The molecule has 2 fully saturated rings. The molecule has 1 nitrogen and oxygen atoms in total. The van der Waals surface area contributed by atoms with Crippen LogP contribution in [0.1, 0.15) is 44.6 Å². The molecule has 0 heterocycles. The summed E-state index contributed by atoms with van der Waals surface area (Å²) in [6.45, 7) is 3.54. The van der Waals surface area contributed by atoms with Crippen LogP contribution < -0.4 is 5.32 Å². The van der Waals surface area contributed by atoms with Crippen LogP contribution in [0.3, 0.4) is 0 Å². The molecule has 1 aromatic rings. The summed E-state index contributed by atoms with van der Waals surface area (Å²) < 4.78 is 14.2. The first-order valence-corrected chi connectivity index (χ1v) is 9.08. The van der Waals surface area contributed by atoms with Gasteiger partial charge in [-0.25, -0.2) is 4.39 Å². The number of benzene rings is 1. The molecule has 1 aromatic carbocycles. The van der Waals surface area contributed by atoms with Crippen LogP contribution in [0.5, 0.6) is 0 Å². The lowest BCUT2D eigenvalue weighted by molar-refractivity contribution is 0.183. The van der Waals surface area contributed by atoms with Crippen LogP contribution in [0.15, 0.2) is 22.7 Å². The van der Waals surface area contributed by atoms with E-state index in [9.17, 15) is 4.39 Å². The number of halogens is 2. The monoisotopic (exact) mass is 353 g/mol. The smallest absolute Gasteiger partial charge is 0.124 e. The van der Waals surface area contributed by atoms with Crippen molar-refractivity contribution in [1.29, 1.82) is 0 Å². The topological polar surface area (TPSA) is 12.0 Å². The molecule has 0 aromatic heterocycles. The quantitative estimate of drug-likeness (QED) is 0.790. The second-order valence-electron chi connectivity index (χ2n) is 7.06. The van der Waals surface area contributed by atoms with Crippen molar-refractivity contribution in [3.63, 3.8) is 0 Å². The minimum Gasteiger partial charge on any atom is -0.314 e. The first kappa shape index (κ1) is 15.5. The molecule has 1 N–H and O–H groups in total. The second kappa shape index (κ2) is 6.78. The van der Waals surface area contributed by atoms with Gasteiger partial charge in [-0.05, 0) is 74.1 Å². The molecule has 0 spiro atoms. The third-order valence-corrected chi connectivity index (χ3v) is 5.88. The van der Waals surface area contributed by atoms with Crippen molar-refractivity contribution in [2.75, 3.05) is 6.54 Å². The molecule has 2 saturated carbocycles. The Morgan fingerprint density at radius 1 is 1.19 bits per heavy atom. The van der Waals surface area contributed by atoms with Gasteiger partial charge in [-0.2, -0.15) is 0 Å². The molecule has 3 unspecified atom stereocenters. The van der Waals surface area contributed by atoms with E-state index in [0.717, 1.165) is 34.7 Å². The predicted molar refractivity (Wildman–Crippen MR) is 88.8 cm³/mol. The fraction of sp³-hybridized carbons (Fsp3) is 0.667. The van der Waals surface area contributed by atoms with Gasteiger partial charge in [-0.3, -0.25) is 0 Å². The molecule has 0 saturated heterocycles. The molecule has 0 radical (unpaired) electrons. The van der Waals surface area contributed by atoms with Crippen LogP contribution in [-0.4, -0.2) is 12.6 Å². The molecular formula is C18H25BrFN. The molecule has 0 bridgehead atoms. The van der Waals surface area contributed by atoms with E-state index < -0.39 is 0 Å². The Morgan fingerprint density at radius 2 is 2.00 bits per heavy atom. The number of nitrogens with one attached hydrogen (secondary N) is 1. The Hall–Kier alpha value is -0.410. The largest absolute Gasteiger partial charge is 0.314 e. The fourth-order valence-corrected chi connectivity index (χ4v) is 4.17. The summed E-state index contributed by atoms with van der Waals surface area (Å²) in [5.41, 5.74) is 1.26. The van der Waals surface area contributed by atoms with E-state index in [1.165, 1.54) is 44.2 Å². The third kappa shape index (κ3) is 4.29. The third-order valence-electron chi connectivity index (χ3n) is 5.15. The zero-order chi connectivity index (χ0) is 14.8. The average molecular weight is 354 g/mol. The van der Waals surface area contributed by atoms with Crippen LogP contribution in [0, 0.1) is 23.6 Å². The summed E-state index contributed by atoms with van der Waals surface area (Å²) in [6, 6.07) is 5.93. The van der Waals surface area contributed by atoms with Crippen molar-refractivity contribution in [3.8, 4) is 0 Å². The normalized spacial score (nSPS) is 29.6. The lowest BCUT2D eigenvalue weighted by Crippen LogP contribution is -2.34. The molecule has 3 heteroatoms. The van der Waals surface area contributed by atoms with E-state index in [4.69, 9.17) is 0 Å². The molecule has 2 aliphatic carbocycles. The number of hydrogen-bond donors (Lipinski definition) is 1. The van der Waals surface area contributed by atoms with E-state index >= 15 is 0 Å². The minimum absolute atomic E-state index is 0.158. The molecule has 2 aliphatic rings. The Kier molecular flexibility index (Phi) is 5.00. The molecule has 116 valence electrons. The Balaban J connectivity index is 1.65. The van der Waals surface area contributed by atoms with E-state index in [0.29, 0.717) is 0 Å². The fourth-order valence-electron chi connectivity index (χ4n) is 3.66. The van der Waals surface area contributed by atoms with E-state index in [-0.39, 0.29) is 5.82 Å². The zero-order valence-electron chi connectivity index (χ0n) is 12.7. The maximum atomic E-state index is 13.2. The molecule has 3 rings (SSSR count). The van der Waals surface area contributed by atoms with E-state index in [2.05, 4.69) is 28.2 Å². The Morgan fingerprint density at radius 3 is 2.71 bits per heavy atom. The van der Waals surface area contributed by atoms with Gasteiger partial charge in [0, 0.05) is 10.5 Å². The maximum absolute atomic E-state index is 13.2. The van der Waals surface area contributed by atoms with Crippen LogP contribution in [0.25, 0.3) is 0 Å². The van der Waals surface area contributed by atoms with Crippen molar-refractivity contribution in [2.45, 2.75) is 51.5 Å². The van der Waals surface area contributed by atoms with Gasteiger partial charge in [0.15, 0.2) is 0 Å². The molecule has 21 heavy (non-hydrogen) atoms. The van der Waals surface area contributed by atoms with Gasteiger partial charge in [0.25, 0.3) is 0 Å². The van der Waals surface area contributed by atoms with Gasteiger partial charge in [-0.15, -0.1) is 0 Å². The molecule has 0 amide bonds. The lowest BCUT2D eigenvalue weighted by atomic mass is 9.72. The SMILES string of the molecule is CC1CCC(CNC2CC2)C(Cc2ccc(F)cc2Br)C1. The molecule has 0 aliphatic heterocycles. The van der Waals surface area contributed by atoms with Crippen LogP contribution in [0.2, 0.25) is 0 Å². The summed E-state index contributed by atoms with van der Waals surface area (Å²) in [4.78, 5) is 0. The second-order valence-corrected chi connectivity index (χ2v) is 7.92. The van der Waals surface area contributed by atoms with E-state index in [1.54, 1.807) is 12.1 Å². The summed E-state index contributed by atoms with van der Waals surface area (Å²) in [5, 5.41) is 3.71. The van der Waals surface area contributed by atoms with Crippen molar-refractivity contribution in [3.05, 3.63) is 34.1 Å². The standard InChI is InChI=1S/C18H25BrFN/c1-12-2-3-14(11-21-17-6-7-17)15(8-12)9-13-4-5-16(20)10-18(13)19/h4-5,10,12,14-15,17,21H,2-3,6-9,11H2,1H3. The van der Waals surface area contributed by atoms with Crippen molar-refractivity contribution in [2.24, 2.45) is 17.8 Å². The van der Waals surface area contributed by atoms with Crippen LogP contribution >= 0.6 is 15.9 Å². The van der Waals surface area contributed by atoms with E-state index in [1.807, 2.05) is 6.07 Å². The highest BCUT2D eigenvalue weighted by atomic mass is 79.9. The van der Waals surface area contributed by atoms with Gasteiger partial charge in [0.2, 0.25) is 0 Å². The summed E-state index contributed by atoms with van der Waals surface area (Å²) in [7, 11) is 0. The van der Waals surface area contributed by atoms with Gasteiger partial charge >= 0.3 is 0 Å². The highest BCUT2D eigenvalue weighted by Gasteiger charge is 2.30. The summed E-state index contributed by atoms with van der Waals surface area (Å²) in [5.74, 6) is 2.17. The summed E-state index contributed by atoms with van der Waals surface area (Å²) >= 11 is 3.53. The number of hydrogen-bond acceptors (Lipinski definition) is 1. The summed E-state index contributed by atoms with van der Waals surface area (Å²) in [6.07, 6.45) is 7.79. The van der Waals surface area contributed by atoms with Crippen molar-refractivity contribution in [1.82, 2.24) is 5.32 Å². The average Bonchev–Trinajstić information content (AvgIpc) is 3.25. The van der Waals surface area contributed by atoms with Gasteiger partial charge in [0.05, 0.1) is 0 Å². The maximum Gasteiger partial charge on any atom is 0.124 e. The van der Waals surface area contributed by atoms with Gasteiger partial charge < -0.3 is 5.32 Å². The van der Waals surface area contributed by atoms with Crippen LogP contribution in [-0.2, 0) is 6.42 Å². The van der Waals surface area contributed by atoms with Crippen molar-refractivity contribution >= 4 is 15.9 Å². The first-order valence-electron chi connectivity index (χ1n) is 8.29. The number of rotatable bonds is 5. The zero-order valence-corrected chi connectivity index (χ0v) is 14.3. The van der Waals surface area contributed by atoms with Gasteiger partial charge in [-0.1, -0.05) is 35.3 Å². The predicted octanol–water partition coefficient (Wildman–Crippen LogP) is 4.94. The Bertz CT molecular complexity index is 486.